The molecule has 0 amide bonds. The van der Waals surface area contributed by atoms with Crippen molar-refractivity contribution >= 4 is 0 Å². The van der Waals surface area contributed by atoms with Crippen LogP contribution >= 0.6 is 0 Å². The minimum absolute atomic E-state index is 1.00. The van der Waals surface area contributed by atoms with Crippen LogP contribution in [0.4, 0.5) is 0 Å². The molecule has 4 bridgehead atoms. The number of hydrogen-bond donors (Lipinski definition) is 0. The predicted molar refractivity (Wildman–Crippen MR) is 73.9 cm³/mol. The Kier molecular flexibility index (Phi) is 2.01. The summed E-state index contributed by atoms with van der Waals surface area (Å²) < 4.78 is 0. The van der Waals surface area contributed by atoms with E-state index < -0.39 is 0 Å². The molecule has 9 atom stereocenters. The fraction of sp³-hybridized carbons (Fsp3) is 0.889. The van der Waals surface area contributed by atoms with Gasteiger partial charge in [0.1, 0.15) is 0 Å². The third-order valence-electron chi connectivity index (χ3n) is 7.90. The molecular weight excluding hydrogens is 216 g/mol. The van der Waals surface area contributed by atoms with Crippen LogP contribution in [0.15, 0.2) is 12.2 Å². The molecule has 0 radical (unpaired) electrons. The molecule has 18 heavy (non-hydrogen) atoms. The first-order valence-corrected chi connectivity index (χ1v) is 8.53. The Morgan fingerprint density at radius 1 is 0.722 bits per heavy atom. The van der Waals surface area contributed by atoms with Crippen molar-refractivity contribution in [2.75, 3.05) is 0 Å². The monoisotopic (exact) mass is 242 g/mol. The summed E-state index contributed by atoms with van der Waals surface area (Å²) in [5, 5.41) is 0. The summed E-state index contributed by atoms with van der Waals surface area (Å²) in [5.74, 6) is 9.94. The predicted octanol–water partition coefficient (Wildman–Crippen LogP) is 4.52. The van der Waals surface area contributed by atoms with Gasteiger partial charge in [0.2, 0.25) is 0 Å². The first-order valence-electron chi connectivity index (χ1n) is 8.53. The van der Waals surface area contributed by atoms with Gasteiger partial charge in [-0.1, -0.05) is 25.5 Å². The van der Waals surface area contributed by atoms with E-state index in [4.69, 9.17) is 0 Å². The molecule has 0 aromatic heterocycles. The van der Waals surface area contributed by atoms with Gasteiger partial charge in [-0.05, 0) is 85.4 Å². The largest absolute Gasteiger partial charge is 0.0848 e. The highest BCUT2D eigenvalue weighted by atomic mass is 14.6. The Morgan fingerprint density at radius 2 is 1.44 bits per heavy atom. The van der Waals surface area contributed by atoms with Gasteiger partial charge in [-0.2, -0.15) is 0 Å². The molecule has 4 saturated carbocycles. The van der Waals surface area contributed by atoms with E-state index in [1.807, 2.05) is 0 Å². The van der Waals surface area contributed by atoms with E-state index in [1.165, 1.54) is 12.8 Å². The number of fused-ring (bicyclic) bond motifs is 10. The average Bonchev–Trinajstić information content (AvgIpc) is 3.15. The van der Waals surface area contributed by atoms with Gasteiger partial charge in [-0.25, -0.2) is 0 Å². The first kappa shape index (κ1) is 10.5. The van der Waals surface area contributed by atoms with Crippen LogP contribution < -0.4 is 0 Å². The summed E-state index contributed by atoms with van der Waals surface area (Å²) in [7, 11) is 0. The van der Waals surface area contributed by atoms with Gasteiger partial charge in [0.05, 0.1) is 0 Å². The molecule has 0 heterocycles. The molecule has 0 saturated heterocycles. The summed E-state index contributed by atoms with van der Waals surface area (Å²) in [5.41, 5.74) is 0. The zero-order valence-electron chi connectivity index (χ0n) is 11.6. The molecule has 5 aliphatic carbocycles. The molecule has 0 heteroatoms. The Balaban J connectivity index is 1.45. The standard InChI is InChI=1S/C18H26/c1-2-10-5-13-7-14(10)18-9-16-12-4-3-11(6-12)15(16)8-17(13)18/h3-4,10-18H,2,5-9H2,1H3. The average molecular weight is 242 g/mol. The van der Waals surface area contributed by atoms with Crippen molar-refractivity contribution in [3.8, 4) is 0 Å². The summed E-state index contributed by atoms with van der Waals surface area (Å²) in [4.78, 5) is 0. The quantitative estimate of drug-likeness (QED) is 0.593. The van der Waals surface area contributed by atoms with Crippen LogP contribution in [-0.4, -0.2) is 0 Å². The highest BCUT2D eigenvalue weighted by molar-refractivity contribution is 5.17. The van der Waals surface area contributed by atoms with E-state index in [0.717, 1.165) is 53.3 Å². The lowest BCUT2D eigenvalue weighted by Gasteiger charge is -2.46. The van der Waals surface area contributed by atoms with E-state index in [9.17, 15) is 0 Å². The van der Waals surface area contributed by atoms with Gasteiger partial charge >= 0.3 is 0 Å². The van der Waals surface area contributed by atoms with E-state index in [-0.39, 0.29) is 0 Å². The van der Waals surface area contributed by atoms with Crippen molar-refractivity contribution in [3.05, 3.63) is 12.2 Å². The summed E-state index contributed by atoms with van der Waals surface area (Å²) in [6, 6.07) is 0. The highest BCUT2D eigenvalue weighted by Crippen LogP contribution is 2.66. The lowest BCUT2D eigenvalue weighted by molar-refractivity contribution is 0.0408. The lowest BCUT2D eigenvalue weighted by Crippen LogP contribution is -2.39. The zero-order valence-corrected chi connectivity index (χ0v) is 11.6. The fourth-order valence-electron chi connectivity index (χ4n) is 7.28. The maximum atomic E-state index is 2.58. The topological polar surface area (TPSA) is 0 Å². The van der Waals surface area contributed by atoms with Crippen molar-refractivity contribution in [1.82, 2.24) is 0 Å². The molecule has 5 aliphatic rings. The van der Waals surface area contributed by atoms with Crippen molar-refractivity contribution in [1.29, 1.82) is 0 Å². The van der Waals surface area contributed by atoms with Crippen molar-refractivity contribution in [3.63, 3.8) is 0 Å². The van der Waals surface area contributed by atoms with Crippen LogP contribution in [0.25, 0.3) is 0 Å². The first-order chi connectivity index (χ1) is 8.85. The van der Waals surface area contributed by atoms with Crippen LogP contribution in [0.5, 0.6) is 0 Å². The molecule has 0 nitrogen and oxygen atoms in total. The molecule has 0 aromatic carbocycles. The second kappa shape index (κ2) is 3.44. The Morgan fingerprint density at radius 3 is 2.17 bits per heavy atom. The maximum absolute atomic E-state index is 2.58. The Hall–Kier alpha value is -0.260. The SMILES string of the molecule is CCC1CC2CC1C1CC3C4C=CC(C4)C3CC21. The van der Waals surface area contributed by atoms with Crippen molar-refractivity contribution in [2.45, 2.75) is 45.4 Å². The zero-order chi connectivity index (χ0) is 11.9. The van der Waals surface area contributed by atoms with Crippen LogP contribution in [0.2, 0.25) is 0 Å². The van der Waals surface area contributed by atoms with Gasteiger partial charge in [0, 0.05) is 0 Å². The minimum Gasteiger partial charge on any atom is -0.0848 e. The number of allylic oxidation sites excluding steroid dienone is 2. The van der Waals surface area contributed by atoms with Crippen LogP contribution in [0.1, 0.15) is 45.4 Å². The second-order valence-electron chi connectivity index (χ2n) is 8.14. The summed E-state index contributed by atoms with van der Waals surface area (Å²) in [6.07, 6.45) is 14.6. The van der Waals surface area contributed by atoms with Crippen molar-refractivity contribution < 1.29 is 0 Å². The molecule has 0 spiro atoms. The number of rotatable bonds is 1. The molecule has 5 rings (SSSR count). The van der Waals surface area contributed by atoms with E-state index in [1.54, 1.807) is 25.7 Å². The van der Waals surface area contributed by atoms with E-state index >= 15 is 0 Å². The third-order valence-corrected chi connectivity index (χ3v) is 7.90. The van der Waals surface area contributed by atoms with E-state index in [2.05, 4.69) is 19.1 Å². The molecular formula is C18H26. The van der Waals surface area contributed by atoms with Crippen LogP contribution in [-0.2, 0) is 0 Å². The Labute approximate surface area is 111 Å². The molecule has 0 aromatic rings. The van der Waals surface area contributed by atoms with Crippen LogP contribution in [0.3, 0.4) is 0 Å². The normalized spacial score (nSPS) is 63.3. The van der Waals surface area contributed by atoms with Crippen molar-refractivity contribution in [2.24, 2.45) is 53.3 Å². The molecule has 9 unspecified atom stereocenters. The van der Waals surface area contributed by atoms with Gasteiger partial charge in [-0.15, -0.1) is 0 Å². The molecule has 0 N–H and O–H groups in total. The van der Waals surface area contributed by atoms with Crippen LogP contribution in [0, 0.1) is 53.3 Å². The van der Waals surface area contributed by atoms with Gasteiger partial charge in [0.15, 0.2) is 0 Å². The second-order valence-corrected chi connectivity index (χ2v) is 8.14. The summed E-state index contributed by atoms with van der Waals surface area (Å²) in [6.45, 7) is 2.44. The smallest absolute Gasteiger partial charge is 0.0196 e. The van der Waals surface area contributed by atoms with Gasteiger partial charge in [-0.3, -0.25) is 0 Å². The third kappa shape index (κ3) is 1.14. The lowest BCUT2D eigenvalue weighted by atomic mass is 9.59. The number of hydrogen-bond acceptors (Lipinski definition) is 0. The fourth-order valence-corrected chi connectivity index (χ4v) is 7.28. The molecule has 0 aliphatic heterocycles. The molecule has 98 valence electrons. The van der Waals surface area contributed by atoms with E-state index in [0.29, 0.717) is 0 Å². The maximum Gasteiger partial charge on any atom is -0.0196 e. The van der Waals surface area contributed by atoms with Gasteiger partial charge < -0.3 is 0 Å². The Bertz CT molecular complexity index is 395. The van der Waals surface area contributed by atoms with Gasteiger partial charge in [0.25, 0.3) is 0 Å². The molecule has 4 fully saturated rings. The minimum atomic E-state index is 1.00. The summed E-state index contributed by atoms with van der Waals surface area (Å²) >= 11 is 0. The highest BCUT2D eigenvalue weighted by Gasteiger charge is 2.58.